The number of anilines is 2. The lowest BCUT2D eigenvalue weighted by Gasteiger charge is -2.36. The summed E-state index contributed by atoms with van der Waals surface area (Å²) in [6.07, 6.45) is 0.643. The molecule has 0 spiro atoms. The number of thiophene rings is 1. The molecule has 0 atom stereocenters. The Labute approximate surface area is 194 Å². The highest BCUT2D eigenvalue weighted by Crippen LogP contribution is 2.44. The number of morpholine rings is 1. The largest absolute Gasteiger partial charge is 0.397 e. The van der Waals surface area contributed by atoms with Crippen LogP contribution in [-0.4, -0.2) is 47.6 Å². The first-order valence-electron chi connectivity index (χ1n) is 10.7. The molecule has 0 saturated carbocycles. The van der Waals surface area contributed by atoms with Crippen LogP contribution < -0.4 is 10.6 Å². The van der Waals surface area contributed by atoms with Crippen LogP contribution in [0.25, 0.3) is 10.2 Å². The number of carbonyl (C=O) groups excluding carboxylic acids is 1. The zero-order valence-electron chi connectivity index (χ0n) is 18.4. The monoisotopic (exact) mass is 468 g/mol. The number of aromatic nitrogens is 1. The highest BCUT2D eigenvalue weighted by atomic mass is 32.1. The summed E-state index contributed by atoms with van der Waals surface area (Å²) < 4.78 is 11.6. The maximum absolute atomic E-state index is 13.3. The number of ketones is 1. The smallest absolute Gasteiger partial charge is 0.270 e. The van der Waals surface area contributed by atoms with Crippen molar-refractivity contribution in [2.45, 2.75) is 32.5 Å². The Bertz CT molecular complexity index is 1280. The molecule has 0 bridgehead atoms. The van der Waals surface area contributed by atoms with E-state index < -0.39 is 4.92 Å². The van der Waals surface area contributed by atoms with E-state index in [-0.39, 0.29) is 22.6 Å². The summed E-state index contributed by atoms with van der Waals surface area (Å²) in [5.74, 6) is 0.513. The third-order valence-corrected chi connectivity index (χ3v) is 7.21. The number of rotatable bonds is 4. The van der Waals surface area contributed by atoms with Crippen molar-refractivity contribution in [1.29, 1.82) is 0 Å². The zero-order chi connectivity index (χ0) is 23.3. The summed E-state index contributed by atoms with van der Waals surface area (Å²) in [6, 6.07) is 5.72. The van der Waals surface area contributed by atoms with Gasteiger partial charge in [0.05, 0.1) is 36.0 Å². The maximum Gasteiger partial charge on any atom is 0.270 e. The number of nitrogens with two attached hydrogens (primary N) is 1. The molecule has 1 fully saturated rings. The van der Waals surface area contributed by atoms with Gasteiger partial charge < -0.3 is 20.1 Å². The van der Waals surface area contributed by atoms with E-state index in [2.05, 4.69) is 4.90 Å². The van der Waals surface area contributed by atoms with Crippen molar-refractivity contribution >= 4 is 44.5 Å². The highest BCUT2D eigenvalue weighted by Gasteiger charge is 2.34. The first kappa shape index (κ1) is 21.7. The maximum atomic E-state index is 13.3. The normalized spacial score (nSPS) is 17.7. The van der Waals surface area contributed by atoms with Crippen LogP contribution in [-0.2, 0) is 22.5 Å². The van der Waals surface area contributed by atoms with Gasteiger partial charge in [0.15, 0.2) is 0 Å². The van der Waals surface area contributed by atoms with Gasteiger partial charge >= 0.3 is 0 Å². The minimum Gasteiger partial charge on any atom is -0.397 e. The fourth-order valence-electron chi connectivity index (χ4n) is 4.44. The van der Waals surface area contributed by atoms with Gasteiger partial charge in [0.2, 0.25) is 5.78 Å². The lowest BCUT2D eigenvalue weighted by molar-refractivity contribution is -0.384. The van der Waals surface area contributed by atoms with Gasteiger partial charge in [0, 0.05) is 48.2 Å². The SMILES string of the molecule is CC1(C)Cc2c(c(N3CCOCC3)nc3sc(C(=O)c4cccc([N+](=O)[O-])c4)c(N)c23)CO1. The molecule has 2 aromatic heterocycles. The van der Waals surface area contributed by atoms with Crippen LogP contribution >= 0.6 is 11.3 Å². The molecule has 2 aliphatic heterocycles. The van der Waals surface area contributed by atoms with Gasteiger partial charge in [-0.1, -0.05) is 12.1 Å². The molecular weight excluding hydrogens is 444 g/mol. The number of pyridine rings is 1. The minimum absolute atomic E-state index is 0.135. The second-order valence-electron chi connectivity index (χ2n) is 8.88. The van der Waals surface area contributed by atoms with Gasteiger partial charge in [-0.3, -0.25) is 14.9 Å². The fourth-order valence-corrected chi connectivity index (χ4v) is 5.52. The lowest BCUT2D eigenvalue weighted by atomic mass is 9.89. The number of nitro groups is 1. The van der Waals surface area contributed by atoms with Crippen molar-refractivity contribution in [2.75, 3.05) is 36.9 Å². The summed E-state index contributed by atoms with van der Waals surface area (Å²) in [6.45, 7) is 7.21. The molecule has 9 nitrogen and oxygen atoms in total. The molecule has 1 saturated heterocycles. The van der Waals surface area contributed by atoms with E-state index in [0.717, 1.165) is 35.4 Å². The quantitative estimate of drug-likeness (QED) is 0.349. The average molecular weight is 469 g/mol. The number of nitro benzene ring substituents is 1. The third kappa shape index (κ3) is 3.84. The Kier molecular flexibility index (Phi) is 5.31. The summed E-state index contributed by atoms with van der Waals surface area (Å²) >= 11 is 1.24. The second-order valence-corrected chi connectivity index (χ2v) is 9.88. The van der Waals surface area contributed by atoms with Crippen molar-refractivity contribution in [1.82, 2.24) is 4.98 Å². The molecule has 3 aromatic rings. The molecule has 0 radical (unpaired) electrons. The standard InChI is InChI=1S/C23H24N4O5S/c1-23(2)11-15-16(12-32-23)21(26-6-8-31-9-7-26)25-22-17(15)18(24)20(33-22)19(28)13-4-3-5-14(10-13)27(29)30/h3-5,10H,6-9,11-12,24H2,1-2H3. The molecule has 172 valence electrons. The number of hydrogen-bond acceptors (Lipinski definition) is 9. The first-order chi connectivity index (χ1) is 15.7. The summed E-state index contributed by atoms with van der Waals surface area (Å²) in [5, 5.41) is 12.0. The van der Waals surface area contributed by atoms with Crippen molar-refractivity contribution in [3.63, 3.8) is 0 Å². The Balaban J connectivity index is 1.67. The summed E-state index contributed by atoms with van der Waals surface area (Å²) in [5.41, 5.74) is 8.72. The van der Waals surface area contributed by atoms with Crippen LogP contribution in [0.2, 0.25) is 0 Å². The van der Waals surface area contributed by atoms with Gasteiger partial charge in [-0.25, -0.2) is 4.98 Å². The number of non-ortho nitro benzene ring substituents is 1. The molecule has 33 heavy (non-hydrogen) atoms. The predicted molar refractivity (Wildman–Crippen MR) is 126 cm³/mol. The van der Waals surface area contributed by atoms with Crippen LogP contribution in [0.15, 0.2) is 24.3 Å². The molecule has 4 heterocycles. The summed E-state index contributed by atoms with van der Waals surface area (Å²) in [7, 11) is 0. The molecule has 1 aromatic carbocycles. The number of carbonyl (C=O) groups is 1. The molecule has 5 rings (SSSR count). The van der Waals surface area contributed by atoms with Crippen molar-refractivity contribution in [3.8, 4) is 0 Å². The van der Waals surface area contributed by atoms with Gasteiger partial charge in [-0.2, -0.15) is 0 Å². The highest BCUT2D eigenvalue weighted by molar-refractivity contribution is 7.21. The molecule has 2 aliphatic rings. The predicted octanol–water partition coefficient (Wildman–Crippen LogP) is 3.71. The molecular formula is C23H24N4O5S. The number of fused-ring (bicyclic) bond motifs is 3. The van der Waals surface area contributed by atoms with Crippen LogP contribution in [0, 0.1) is 10.1 Å². The molecule has 2 N–H and O–H groups in total. The number of nitrogen functional groups attached to an aromatic ring is 1. The Morgan fingerprint density at radius 2 is 2.03 bits per heavy atom. The van der Waals surface area contributed by atoms with E-state index in [4.69, 9.17) is 20.2 Å². The van der Waals surface area contributed by atoms with Crippen LogP contribution in [0.4, 0.5) is 17.2 Å². The number of nitrogens with zero attached hydrogens (tertiary/aromatic N) is 3. The Morgan fingerprint density at radius 1 is 1.27 bits per heavy atom. The molecule has 0 unspecified atom stereocenters. The number of ether oxygens (including phenoxy) is 2. The van der Waals surface area contributed by atoms with Crippen LogP contribution in [0.5, 0.6) is 0 Å². The van der Waals surface area contributed by atoms with Crippen LogP contribution in [0.1, 0.15) is 40.2 Å². The number of benzene rings is 1. The van der Waals surface area contributed by atoms with E-state index in [1.54, 1.807) is 6.07 Å². The van der Waals surface area contributed by atoms with Gasteiger partial charge in [0.25, 0.3) is 5.69 Å². The van der Waals surface area contributed by atoms with Gasteiger partial charge in [0.1, 0.15) is 15.5 Å². The Morgan fingerprint density at radius 3 is 2.76 bits per heavy atom. The van der Waals surface area contributed by atoms with E-state index in [0.29, 0.717) is 41.6 Å². The van der Waals surface area contributed by atoms with Crippen LogP contribution in [0.3, 0.4) is 0 Å². The van der Waals surface area contributed by atoms with E-state index in [9.17, 15) is 14.9 Å². The number of hydrogen-bond donors (Lipinski definition) is 1. The fraction of sp³-hybridized carbons (Fsp3) is 0.391. The molecule has 0 amide bonds. The third-order valence-electron chi connectivity index (χ3n) is 6.12. The van der Waals surface area contributed by atoms with Crippen molar-refractivity contribution < 1.29 is 19.2 Å². The summed E-state index contributed by atoms with van der Waals surface area (Å²) in [4.78, 5) is 32.1. The minimum atomic E-state index is -0.514. The van der Waals surface area contributed by atoms with Crippen molar-refractivity contribution in [2.24, 2.45) is 0 Å². The van der Waals surface area contributed by atoms with Crippen molar-refractivity contribution in [3.05, 3.63) is 55.9 Å². The average Bonchev–Trinajstić information content (AvgIpc) is 3.14. The molecule has 0 aliphatic carbocycles. The topological polar surface area (TPSA) is 121 Å². The first-order valence-corrected chi connectivity index (χ1v) is 11.6. The second kappa shape index (κ2) is 8.05. The van der Waals surface area contributed by atoms with E-state index in [1.807, 2.05) is 13.8 Å². The van der Waals surface area contributed by atoms with E-state index in [1.165, 1.54) is 29.5 Å². The molecule has 10 heteroatoms. The van der Waals surface area contributed by atoms with Gasteiger partial charge in [-0.15, -0.1) is 11.3 Å². The Hall–Kier alpha value is -3.08. The van der Waals surface area contributed by atoms with E-state index >= 15 is 0 Å². The zero-order valence-corrected chi connectivity index (χ0v) is 19.2. The van der Waals surface area contributed by atoms with Gasteiger partial charge in [-0.05, 0) is 19.4 Å². The lowest BCUT2D eigenvalue weighted by Crippen LogP contribution is -2.39.